The van der Waals surface area contributed by atoms with Crippen molar-refractivity contribution in [3.63, 3.8) is 0 Å². The summed E-state index contributed by atoms with van der Waals surface area (Å²) >= 11 is 0. The van der Waals surface area contributed by atoms with E-state index in [1.807, 2.05) is 321 Å². The minimum absolute atomic E-state index is 0.536. The number of hydrogen-bond donors (Lipinski definition) is 12. The maximum atomic E-state index is 5.63. The van der Waals surface area contributed by atoms with E-state index in [1.165, 1.54) is 43.2 Å². The van der Waals surface area contributed by atoms with Crippen molar-refractivity contribution in [1.82, 2.24) is 10.6 Å². The zero-order valence-corrected chi connectivity index (χ0v) is 63.9. The zero-order valence-electron chi connectivity index (χ0n) is 63.9. The highest BCUT2D eigenvalue weighted by molar-refractivity contribution is 5.44. The predicted octanol–water partition coefficient (Wildman–Crippen LogP) is 19.1. The lowest BCUT2D eigenvalue weighted by atomic mass is 9.97. The van der Waals surface area contributed by atoms with Crippen LogP contribution in [0.25, 0.3) is 0 Å². The van der Waals surface area contributed by atoms with Crippen molar-refractivity contribution in [1.29, 1.82) is 0 Å². The summed E-state index contributed by atoms with van der Waals surface area (Å²) in [4.78, 5) is 34.8. The summed E-state index contributed by atoms with van der Waals surface area (Å²) in [6.45, 7) is 32.4. The summed E-state index contributed by atoms with van der Waals surface area (Å²) in [5, 5.41) is 6.22. The Morgan fingerprint density at radius 2 is 0.398 bits per heavy atom. The van der Waals surface area contributed by atoms with Crippen LogP contribution in [-0.2, 0) is 47.0 Å². The van der Waals surface area contributed by atoms with Crippen molar-refractivity contribution in [2.24, 2.45) is 17.2 Å². The van der Waals surface area contributed by atoms with Gasteiger partial charge >= 0.3 is 0 Å². The van der Waals surface area contributed by atoms with E-state index in [0.717, 1.165) is 66.0 Å². The second-order valence-corrected chi connectivity index (χ2v) is 21.0. The number of rotatable bonds is 27. The van der Waals surface area contributed by atoms with Crippen molar-refractivity contribution in [3.8, 4) is 0 Å². The highest BCUT2D eigenvalue weighted by atomic mass is 16.7. The Hall–Kier alpha value is -8.90. The zero-order chi connectivity index (χ0) is 75.6. The van der Waals surface area contributed by atoms with Crippen LogP contribution < -0.4 is 66.2 Å². The van der Waals surface area contributed by atoms with Crippen LogP contribution in [0.4, 0.5) is 39.8 Å². The van der Waals surface area contributed by atoms with Gasteiger partial charge in [-0.05, 0) is 184 Å². The number of nitrogens with two attached hydrogens (primary N) is 3. The molecule has 0 saturated heterocycles. The fraction of sp³-hybridized carbons (Fsp3) is 0.357. The lowest BCUT2D eigenvalue weighted by Gasteiger charge is -2.15. The first kappa shape index (κ1) is 96.2. The van der Waals surface area contributed by atoms with E-state index in [2.05, 4.69) is 76.7 Å². The molecule has 0 radical (unpaired) electrons. The van der Waals surface area contributed by atoms with E-state index in [1.54, 1.807) is 0 Å². The van der Waals surface area contributed by atoms with Crippen molar-refractivity contribution >= 4 is 39.8 Å². The first-order chi connectivity index (χ1) is 50.6. The fourth-order valence-corrected chi connectivity index (χ4v) is 7.49. The van der Waals surface area contributed by atoms with Gasteiger partial charge in [-0.3, -0.25) is 72.2 Å². The Morgan fingerprint density at radius 3 is 0.495 bits per heavy atom. The van der Waals surface area contributed by atoms with E-state index < -0.39 is 0 Å². The summed E-state index contributed by atoms with van der Waals surface area (Å²) in [6.07, 6.45) is 6.66. The molecule has 0 spiro atoms. The molecule has 9 aromatic carbocycles. The average molecular weight is 1420 g/mol. The van der Waals surface area contributed by atoms with Crippen LogP contribution in [0.3, 0.4) is 0 Å². The van der Waals surface area contributed by atoms with E-state index in [-0.39, 0.29) is 0 Å². The standard InChI is InChI=1S/7C8H11NO.2C7H9N.C6H13N.2C4H11N/c7*1-2-10-9-8-6-4-3-5-7-8;2*8-6-7-4-2-1-3-5-7;7-6-4-2-1-3-5-6;2*1-3-5-4-2/h7*3-7,9H,2H2,1H3;2*1-5H,6,8H2;6H,1-5,7H2;2*5H,3-4H2,1-2H3. The summed E-state index contributed by atoms with van der Waals surface area (Å²) in [5.74, 6) is 0. The summed E-state index contributed by atoms with van der Waals surface area (Å²) in [5.41, 5.74) is 45.2. The van der Waals surface area contributed by atoms with Gasteiger partial charge in [-0.15, -0.1) is 0 Å². The van der Waals surface area contributed by atoms with Crippen molar-refractivity contribution in [3.05, 3.63) is 284 Å². The molecule has 0 unspecified atom stereocenters. The molecule has 10 rings (SSSR count). The average Bonchev–Trinajstić information content (AvgIpc) is 3.73. The summed E-state index contributed by atoms with van der Waals surface area (Å²) < 4.78 is 0. The Balaban J connectivity index is 0. The highest BCUT2D eigenvalue weighted by Crippen LogP contribution is 2.15. The van der Waals surface area contributed by atoms with Gasteiger partial charge in [-0.1, -0.05) is 235 Å². The molecular formula is C84H130N12O7. The maximum Gasteiger partial charge on any atom is 0.0717 e. The number of hydrogen-bond acceptors (Lipinski definition) is 19. The Kier molecular flexibility index (Phi) is 73.6. The molecule has 1 saturated carbocycles. The Morgan fingerprint density at radius 1 is 0.243 bits per heavy atom. The third kappa shape index (κ3) is 67.4. The molecule has 15 N–H and O–H groups in total. The second kappa shape index (κ2) is 78.8. The SMILES string of the molecule is CCNCC.CCNCC.CCONc1ccccc1.CCONc1ccccc1.CCONc1ccccc1.CCONc1ccccc1.CCONc1ccccc1.CCONc1ccccc1.CCONc1ccccc1.NC1CCCCC1.NCc1ccccc1.NCc1ccccc1. The van der Waals surface area contributed by atoms with Gasteiger partial charge in [0.2, 0.25) is 0 Å². The van der Waals surface area contributed by atoms with Crippen LogP contribution in [0.1, 0.15) is 119 Å². The lowest BCUT2D eigenvalue weighted by Crippen LogP contribution is -2.22. The molecule has 0 amide bonds. The van der Waals surface area contributed by atoms with Gasteiger partial charge in [0.25, 0.3) is 0 Å². The van der Waals surface area contributed by atoms with Crippen LogP contribution in [0.2, 0.25) is 0 Å². The van der Waals surface area contributed by atoms with Gasteiger partial charge in [0.1, 0.15) is 0 Å². The molecule has 0 atom stereocenters. The molecule has 0 aromatic heterocycles. The Labute approximate surface area is 620 Å². The quantitative estimate of drug-likeness (QED) is 0.0214. The van der Waals surface area contributed by atoms with Crippen molar-refractivity contribution < 1.29 is 33.9 Å². The molecule has 568 valence electrons. The van der Waals surface area contributed by atoms with E-state index in [4.69, 9.17) is 51.1 Å². The molecule has 1 aliphatic rings. The second-order valence-electron chi connectivity index (χ2n) is 21.0. The fourth-order valence-electron chi connectivity index (χ4n) is 7.49. The Bertz CT molecular complexity index is 2510. The minimum atomic E-state index is 0.536. The third-order valence-electron chi connectivity index (χ3n) is 12.6. The number of para-hydroxylation sites is 7. The first-order valence-electron chi connectivity index (χ1n) is 36.3. The molecule has 19 heteroatoms. The van der Waals surface area contributed by atoms with Gasteiger partial charge in [-0.25, -0.2) is 0 Å². The molecule has 0 bridgehead atoms. The molecule has 0 aliphatic heterocycles. The summed E-state index contributed by atoms with van der Waals surface area (Å²) in [6, 6.07) is 89.1. The van der Waals surface area contributed by atoms with Gasteiger partial charge in [0, 0.05) is 19.1 Å². The van der Waals surface area contributed by atoms with E-state index in [9.17, 15) is 0 Å². The van der Waals surface area contributed by atoms with Gasteiger partial charge in [0.05, 0.1) is 86.1 Å². The third-order valence-corrected chi connectivity index (χ3v) is 12.6. The lowest BCUT2D eigenvalue weighted by molar-refractivity contribution is 0.210. The molecule has 1 fully saturated rings. The maximum absolute atomic E-state index is 5.63. The van der Waals surface area contributed by atoms with Crippen molar-refractivity contribution in [2.45, 2.75) is 127 Å². The van der Waals surface area contributed by atoms with Gasteiger partial charge in [-0.2, -0.15) is 0 Å². The van der Waals surface area contributed by atoms with E-state index in [0.29, 0.717) is 65.4 Å². The molecule has 9 aromatic rings. The smallest absolute Gasteiger partial charge is 0.0717 e. The number of benzene rings is 9. The van der Waals surface area contributed by atoms with Crippen LogP contribution in [0, 0.1) is 0 Å². The molecular weight excluding hydrogens is 1290 g/mol. The van der Waals surface area contributed by atoms with Crippen LogP contribution >= 0.6 is 0 Å². The van der Waals surface area contributed by atoms with Gasteiger partial charge in [0.15, 0.2) is 0 Å². The van der Waals surface area contributed by atoms with E-state index >= 15 is 0 Å². The largest absolute Gasteiger partial charge is 0.328 e. The molecule has 19 nitrogen and oxygen atoms in total. The first-order valence-corrected chi connectivity index (χ1v) is 36.3. The highest BCUT2D eigenvalue weighted by Gasteiger charge is 2.06. The van der Waals surface area contributed by atoms with Crippen molar-refractivity contribution in [2.75, 3.05) is 111 Å². The van der Waals surface area contributed by atoms with Crippen LogP contribution in [0.5, 0.6) is 0 Å². The predicted molar refractivity (Wildman–Crippen MR) is 440 cm³/mol. The normalized spacial score (nSPS) is 10.3. The monoisotopic (exact) mass is 1420 g/mol. The molecule has 103 heavy (non-hydrogen) atoms. The minimum Gasteiger partial charge on any atom is -0.328 e. The van der Waals surface area contributed by atoms with Crippen LogP contribution in [0.15, 0.2) is 273 Å². The summed E-state index contributed by atoms with van der Waals surface area (Å²) in [7, 11) is 0. The number of nitrogens with one attached hydrogen (secondary N) is 9. The topological polar surface area (TPSA) is 251 Å². The molecule has 0 heterocycles. The van der Waals surface area contributed by atoms with Crippen LogP contribution in [-0.4, -0.2) is 78.5 Å². The number of anilines is 7. The van der Waals surface area contributed by atoms with Gasteiger partial charge < -0.3 is 27.8 Å². The molecule has 1 aliphatic carbocycles.